The number of hydrogen-bond donors (Lipinski definition) is 2. The van der Waals surface area contributed by atoms with Gasteiger partial charge in [0.1, 0.15) is 5.60 Å². The zero-order chi connectivity index (χ0) is 17.3. The number of nitrogens with zero attached hydrogens (tertiary/aromatic N) is 1. The van der Waals surface area contributed by atoms with E-state index >= 15 is 0 Å². The third kappa shape index (κ3) is 3.84. The van der Waals surface area contributed by atoms with Crippen LogP contribution in [0.15, 0.2) is 30.3 Å². The standard InChI is InChI=1S/C16H20F3NO3/c1-14(22,8-7-12-5-3-2-4-6-12)13(21)20-10-9-15(23,11-20)16(17,18)19/h2-6,22-23H,7-11H2,1H3. The summed E-state index contributed by atoms with van der Waals surface area (Å²) in [7, 11) is 0. The first-order valence-corrected chi connectivity index (χ1v) is 7.40. The van der Waals surface area contributed by atoms with Gasteiger partial charge in [0, 0.05) is 13.0 Å². The first kappa shape index (κ1) is 17.7. The fourth-order valence-corrected chi connectivity index (χ4v) is 2.68. The Morgan fingerprint density at radius 2 is 1.91 bits per heavy atom. The van der Waals surface area contributed by atoms with Gasteiger partial charge in [0.05, 0.1) is 6.54 Å². The van der Waals surface area contributed by atoms with E-state index in [1.807, 2.05) is 30.3 Å². The number of alkyl halides is 3. The Labute approximate surface area is 132 Å². The molecule has 0 bridgehead atoms. The zero-order valence-electron chi connectivity index (χ0n) is 12.8. The van der Waals surface area contributed by atoms with Crippen LogP contribution in [0.1, 0.15) is 25.3 Å². The van der Waals surface area contributed by atoms with Crippen LogP contribution in [0.3, 0.4) is 0 Å². The molecule has 128 valence electrons. The minimum atomic E-state index is -4.79. The molecule has 1 aliphatic heterocycles. The van der Waals surface area contributed by atoms with Gasteiger partial charge in [-0.2, -0.15) is 13.2 Å². The lowest BCUT2D eigenvalue weighted by atomic mass is 9.95. The fourth-order valence-electron chi connectivity index (χ4n) is 2.68. The number of carbonyl (C=O) groups excluding carboxylic acids is 1. The summed E-state index contributed by atoms with van der Waals surface area (Å²) in [4.78, 5) is 13.2. The minimum Gasteiger partial charge on any atom is -0.380 e. The number of aliphatic hydroxyl groups is 2. The van der Waals surface area contributed by atoms with Crippen LogP contribution in [0.25, 0.3) is 0 Å². The summed E-state index contributed by atoms with van der Waals surface area (Å²) in [5.74, 6) is -0.784. The number of amides is 1. The maximum Gasteiger partial charge on any atom is 0.419 e. The number of β-amino-alcohol motifs (C(OH)–C–C–N with tert-alkyl or cyclic N) is 1. The predicted octanol–water partition coefficient (Wildman–Crippen LogP) is 1.90. The van der Waals surface area contributed by atoms with Gasteiger partial charge in [0.25, 0.3) is 5.91 Å². The van der Waals surface area contributed by atoms with Gasteiger partial charge >= 0.3 is 6.18 Å². The summed E-state index contributed by atoms with van der Waals surface area (Å²) in [5.41, 5.74) is -3.74. The molecule has 0 aliphatic carbocycles. The van der Waals surface area contributed by atoms with Crippen LogP contribution in [0.4, 0.5) is 13.2 Å². The number of benzene rings is 1. The van der Waals surface area contributed by atoms with Crippen LogP contribution in [0.5, 0.6) is 0 Å². The molecule has 0 radical (unpaired) electrons. The Balaban J connectivity index is 1.99. The van der Waals surface area contributed by atoms with Crippen molar-refractivity contribution in [2.75, 3.05) is 13.1 Å². The van der Waals surface area contributed by atoms with Crippen molar-refractivity contribution in [2.45, 2.75) is 43.6 Å². The van der Waals surface area contributed by atoms with Gasteiger partial charge < -0.3 is 15.1 Å². The lowest BCUT2D eigenvalue weighted by molar-refractivity contribution is -0.253. The van der Waals surface area contributed by atoms with E-state index in [0.717, 1.165) is 10.5 Å². The van der Waals surface area contributed by atoms with Crippen molar-refractivity contribution in [2.24, 2.45) is 0 Å². The molecule has 1 aromatic rings. The number of carbonyl (C=O) groups is 1. The first-order valence-electron chi connectivity index (χ1n) is 7.40. The van der Waals surface area contributed by atoms with E-state index in [-0.39, 0.29) is 13.0 Å². The molecular weight excluding hydrogens is 311 g/mol. The van der Waals surface area contributed by atoms with Crippen LogP contribution < -0.4 is 0 Å². The Hall–Kier alpha value is -1.60. The van der Waals surface area contributed by atoms with E-state index in [4.69, 9.17) is 0 Å². The normalized spacial score (nSPS) is 24.5. The van der Waals surface area contributed by atoms with Crippen molar-refractivity contribution in [3.8, 4) is 0 Å². The minimum absolute atomic E-state index is 0.0940. The highest BCUT2D eigenvalue weighted by molar-refractivity contribution is 5.85. The Bertz CT molecular complexity index is 559. The lowest BCUT2D eigenvalue weighted by Crippen LogP contribution is -2.51. The van der Waals surface area contributed by atoms with Crippen LogP contribution in [0, 0.1) is 0 Å². The molecule has 2 rings (SSSR count). The SMILES string of the molecule is CC(O)(CCc1ccccc1)C(=O)N1CCC(O)(C(F)(F)F)C1. The molecule has 1 aromatic carbocycles. The highest BCUT2D eigenvalue weighted by Gasteiger charge is 2.58. The van der Waals surface area contributed by atoms with Crippen molar-refractivity contribution < 1.29 is 28.2 Å². The van der Waals surface area contributed by atoms with E-state index in [2.05, 4.69) is 0 Å². The molecule has 0 spiro atoms. The van der Waals surface area contributed by atoms with E-state index in [1.54, 1.807) is 0 Å². The average Bonchev–Trinajstić information content (AvgIpc) is 2.89. The van der Waals surface area contributed by atoms with Crippen LogP contribution in [-0.4, -0.2) is 51.5 Å². The maximum absolute atomic E-state index is 12.8. The van der Waals surface area contributed by atoms with Gasteiger partial charge in [-0.1, -0.05) is 30.3 Å². The largest absolute Gasteiger partial charge is 0.419 e. The fraction of sp³-hybridized carbons (Fsp3) is 0.562. The summed E-state index contributed by atoms with van der Waals surface area (Å²) < 4.78 is 38.4. The second-order valence-corrected chi connectivity index (χ2v) is 6.27. The van der Waals surface area contributed by atoms with Gasteiger partial charge in [0.2, 0.25) is 0 Å². The van der Waals surface area contributed by atoms with E-state index < -0.39 is 36.3 Å². The lowest BCUT2D eigenvalue weighted by Gasteiger charge is -2.30. The molecule has 2 atom stereocenters. The molecule has 0 aromatic heterocycles. The smallest absolute Gasteiger partial charge is 0.380 e. The maximum atomic E-state index is 12.8. The molecule has 1 saturated heterocycles. The topological polar surface area (TPSA) is 60.8 Å². The Morgan fingerprint density at radius 3 is 2.43 bits per heavy atom. The van der Waals surface area contributed by atoms with Gasteiger partial charge in [0.15, 0.2) is 5.60 Å². The molecule has 1 amide bonds. The number of hydrogen-bond acceptors (Lipinski definition) is 3. The summed E-state index contributed by atoms with van der Waals surface area (Å²) in [6, 6.07) is 9.19. The number of halogens is 3. The highest BCUT2D eigenvalue weighted by atomic mass is 19.4. The Kier molecular flexibility index (Phi) is 4.73. The van der Waals surface area contributed by atoms with Crippen molar-refractivity contribution in [1.82, 2.24) is 4.90 Å². The number of likely N-dealkylation sites (tertiary alicyclic amines) is 1. The average molecular weight is 331 g/mol. The van der Waals surface area contributed by atoms with Crippen LogP contribution in [0.2, 0.25) is 0 Å². The number of rotatable bonds is 4. The molecule has 1 heterocycles. The monoisotopic (exact) mass is 331 g/mol. The van der Waals surface area contributed by atoms with Gasteiger partial charge in [-0.3, -0.25) is 4.79 Å². The molecule has 4 nitrogen and oxygen atoms in total. The molecule has 1 fully saturated rings. The zero-order valence-corrected chi connectivity index (χ0v) is 12.8. The van der Waals surface area contributed by atoms with Gasteiger partial charge in [-0.15, -0.1) is 0 Å². The van der Waals surface area contributed by atoms with Crippen LogP contribution in [-0.2, 0) is 11.2 Å². The molecular formula is C16H20F3NO3. The predicted molar refractivity (Wildman–Crippen MR) is 77.6 cm³/mol. The summed E-state index contributed by atoms with van der Waals surface area (Å²) in [6.45, 7) is 0.233. The molecule has 0 saturated carbocycles. The van der Waals surface area contributed by atoms with Crippen molar-refractivity contribution >= 4 is 5.91 Å². The van der Waals surface area contributed by atoms with Crippen LogP contribution >= 0.6 is 0 Å². The van der Waals surface area contributed by atoms with E-state index in [9.17, 15) is 28.2 Å². The second kappa shape index (κ2) is 6.13. The first-order chi connectivity index (χ1) is 10.6. The van der Waals surface area contributed by atoms with E-state index in [0.29, 0.717) is 6.42 Å². The highest BCUT2D eigenvalue weighted by Crippen LogP contribution is 2.38. The third-order valence-electron chi connectivity index (χ3n) is 4.27. The summed E-state index contributed by atoms with van der Waals surface area (Å²) >= 11 is 0. The third-order valence-corrected chi connectivity index (χ3v) is 4.27. The molecule has 7 heteroatoms. The molecule has 2 unspecified atom stereocenters. The Morgan fingerprint density at radius 1 is 1.30 bits per heavy atom. The van der Waals surface area contributed by atoms with Crippen molar-refractivity contribution in [3.63, 3.8) is 0 Å². The second-order valence-electron chi connectivity index (χ2n) is 6.27. The molecule has 2 N–H and O–H groups in total. The summed E-state index contributed by atoms with van der Waals surface area (Å²) in [5, 5.41) is 19.9. The molecule has 1 aliphatic rings. The summed E-state index contributed by atoms with van der Waals surface area (Å²) in [6.07, 6.45) is -4.84. The van der Waals surface area contributed by atoms with Crippen molar-refractivity contribution in [3.05, 3.63) is 35.9 Å². The van der Waals surface area contributed by atoms with Gasteiger partial charge in [-0.05, 0) is 25.3 Å². The molecule has 23 heavy (non-hydrogen) atoms. The van der Waals surface area contributed by atoms with Gasteiger partial charge in [-0.25, -0.2) is 0 Å². The quantitative estimate of drug-likeness (QED) is 0.886. The van der Waals surface area contributed by atoms with E-state index in [1.165, 1.54) is 6.92 Å². The number of aryl methyl sites for hydroxylation is 1. The van der Waals surface area contributed by atoms with Crippen molar-refractivity contribution in [1.29, 1.82) is 0 Å².